The molecule has 1 N–H and O–H groups in total. The van der Waals surface area contributed by atoms with E-state index in [0.29, 0.717) is 17.1 Å². The Morgan fingerprint density at radius 1 is 1.40 bits per heavy atom. The molecule has 0 saturated carbocycles. The van der Waals surface area contributed by atoms with Crippen molar-refractivity contribution < 1.29 is 14.6 Å². The summed E-state index contributed by atoms with van der Waals surface area (Å²) in [5.74, 6) is -0.524. The van der Waals surface area contributed by atoms with Crippen molar-refractivity contribution in [1.29, 1.82) is 0 Å². The zero-order valence-corrected chi connectivity index (χ0v) is 12.2. The number of nitrogens with zero attached hydrogens (tertiary/aromatic N) is 2. The lowest BCUT2D eigenvalue weighted by atomic mass is 10.1. The number of carboxylic acids is 1. The van der Waals surface area contributed by atoms with Gasteiger partial charge in [0.05, 0.1) is 17.8 Å². The average molecular weight is 295 g/mol. The molecule has 2 rings (SSSR count). The second-order valence-electron chi connectivity index (χ2n) is 4.59. The van der Waals surface area contributed by atoms with E-state index in [1.54, 1.807) is 19.2 Å². The second-order valence-corrected chi connectivity index (χ2v) is 4.97. The fourth-order valence-electron chi connectivity index (χ4n) is 2.04. The molecule has 106 valence electrons. The lowest BCUT2D eigenvalue weighted by molar-refractivity contribution is 0.0690. The highest BCUT2D eigenvalue weighted by Gasteiger charge is 2.24. The van der Waals surface area contributed by atoms with Crippen LogP contribution >= 0.6 is 11.6 Å². The number of rotatable bonds is 4. The van der Waals surface area contributed by atoms with Crippen LogP contribution in [-0.4, -0.2) is 28.0 Å². The average Bonchev–Trinajstić information content (AvgIpc) is 2.76. The van der Waals surface area contributed by atoms with Crippen LogP contribution in [0.2, 0.25) is 5.02 Å². The van der Waals surface area contributed by atoms with Gasteiger partial charge < -0.3 is 9.84 Å². The lowest BCUT2D eigenvalue weighted by Gasteiger charge is -2.13. The highest BCUT2D eigenvalue weighted by atomic mass is 35.5. The monoisotopic (exact) mass is 294 g/mol. The van der Waals surface area contributed by atoms with Crippen molar-refractivity contribution in [2.24, 2.45) is 0 Å². The predicted octanol–water partition coefficient (Wildman–Crippen LogP) is 3.36. The van der Waals surface area contributed by atoms with Gasteiger partial charge in [-0.05, 0) is 18.1 Å². The SMILES string of the molecule is COc1ccccc1-n1nc(C(=O)O)c(Cl)c1C(C)C. The van der Waals surface area contributed by atoms with Crippen molar-refractivity contribution in [3.05, 3.63) is 40.7 Å². The van der Waals surface area contributed by atoms with Crippen LogP contribution in [0.4, 0.5) is 0 Å². The third-order valence-corrected chi connectivity index (χ3v) is 3.30. The molecule has 1 aromatic carbocycles. The molecular formula is C14H15ClN2O3. The summed E-state index contributed by atoms with van der Waals surface area (Å²) in [5.41, 5.74) is 1.16. The van der Waals surface area contributed by atoms with Gasteiger partial charge >= 0.3 is 5.97 Å². The first-order valence-corrected chi connectivity index (χ1v) is 6.50. The molecule has 0 spiro atoms. The number of aromatic nitrogens is 2. The first-order chi connectivity index (χ1) is 9.47. The van der Waals surface area contributed by atoms with Crippen LogP contribution in [0.3, 0.4) is 0 Å². The summed E-state index contributed by atoms with van der Waals surface area (Å²) in [6, 6.07) is 7.26. The molecular weight excluding hydrogens is 280 g/mol. The first-order valence-electron chi connectivity index (χ1n) is 6.12. The smallest absolute Gasteiger partial charge is 0.358 e. The van der Waals surface area contributed by atoms with Gasteiger partial charge in [-0.3, -0.25) is 0 Å². The molecule has 0 atom stereocenters. The van der Waals surface area contributed by atoms with Crippen LogP contribution in [0.5, 0.6) is 5.75 Å². The largest absolute Gasteiger partial charge is 0.494 e. The van der Waals surface area contributed by atoms with Gasteiger partial charge in [0.1, 0.15) is 11.4 Å². The summed E-state index contributed by atoms with van der Waals surface area (Å²) in [6.07, 6.45) is 0. The Kier molecular flexibility index (Phi) is 3.99. The number of hydrogen-bond acceptors (Lipinski definition) is 3. The van der Waals surface area contributed by atoms with E-state index < -0.39 is 5.97 Å². The van der Waals surface area contributed by atoms with Gasteiger partial charge in [0.25, 0.3) is 0 Å². The van der Waals surface area contributed by atoms with E-state index in [-0.39, 0.29) is 16.6 Å². The molecule has 2 aromatic rings. The van der Waals surface area contributed by atoms with E-state index in [1.165, 1.54) is 4.68 Å². The van der Waals surface area contributed by atoms with Gasteiger partial charge in [-0.25, -0.2) is 9.48 Å². The summed E-state index contributed by atoms with van der Waals surface area (Å²) >= 11 is 6.16. The molecule has 20 heavy (non-hydrogen) atoms. The molecule has 0 saturated heterocycles. The number of methoxy groups -OCH3 is 1. The van der Waals surface area contributed by atoms with Crippen LogP contribution in [-0.2, 0) is 0 Å². The number of hydrogen-bond donors (Lipinski definition) is 1. The van der Waals surface area contributed by atoms with Crippen molar-refractivity contribution in [3.8, 4) is 11.4 Å². The van der Waals surface area contributed by atoms with Gasteiger partial charge in [-0.15, -0.1) is 0 Å². The Bertz CT molecular complexity index is 650. The maximum atomic E-state index is 11.2. The summed E-state index contributed by atoms with van der Waals surface area (Å²) < 4.78 is 6.83. The summed E-state index contributed by atoms with van der Waals surface area (Å²) in [6.45, 7) is 3.86. The quantitative estimate of drug-likeness (QED) is 0.939. The molecule has 0 unspecified atom stereocenters. The van der Waals surface area contributed by atoms with E-state index >= 15 is 0 Å². The molecule has 0 amide bonds. The number of carboxylic acid groups (broad SMARTS) is 1. The Morgan fingerprint density at radius 2 is 2.05 bits per heavy atom. The van der Waals surface area contributed by atoms with Crippen molar-refractivity contribution in [1.82, 2.24) is 9.78 Å². The number of benzene rings is 1. The number of halogens is 1. The van der Waals surface area contributed by atoms with Crippen LogP contribution in [0, 0.1) is 0 Å². The Morgan fingerprint density at radius 3 is 2.60 bits per heavy atom. The molecule has 5 nitrogen and oxygen atoms in total. The van der Waals surface area contributed by atoms with Crippen molar-refractivity contribution >= 4 is 17.6 Å². The molecule has 1 aromatic heterocycles. The van der Waals surface area contributed by atoms with Gasteiger partial charge in [-0.2, -0.15) is 5.10 Å². The van der Waals surface area contributed by atoms with E-state index in [9.17, 15) is 4.79 Å². The number of aromatic carboxylic acids is 1. The second kappa shape index (κ2) is 5.54. The van der Waals surface area contributed by atoms with Gasteiger partial charge in [0.15, 0.2) is 5.69 Å². The molecule has 6 heteroatoms. The van der Waals surface area contributed by atoms with Crippen molar-refractivity contribution in [2.75, 3.05) is 7.11 Å². The minimum absolute atomic E-state index is 0.0213. The minimum atomic E-state index is -1.15. The lowest BCUT2D eigenvalue weighted by Crippen LogP contribution is -2.06. The summed E-state index contributed by atoms with van der Waals surface area (Å²) in [4.78, 5) is 11.2. The van der Waals surface area contributed by atoms with E-state index in [1.807, 2.05) is 26.0 Å². The molecule has 0 radical (unpaired) electrons. The Labute approximate surface area is 121 Å². The number of ether oxygens (including phenoxy) is 1. The summed E-state index contributed by atoms with van der Waals surface area (Å²) in [7, 11) is 1.55. The molecule has 1 heterocycles. The van der Waals surface area contributed by atoms with Gasteiger partial charge in [0.2, 0.25) is 0 Å². The fraction of sp³-hybridized carbons (Fsp3) is 0.286. The molecule has 0 fully saturated rings. The topological polar surface area (TPSA) is 64.4 Å². The van der Waals surface area contributed by atoms with Crippen LogP contribution in [0.15, 0.2) is 24.3 Å². The van der Waals surface area contributed by atoms with Crippen LogP contribution in [0.25, 0.3) is 5.69 Å². The maximum absolute atomic E-state index is 11.2. The zero-order valence-electron chi connectivity index (χ0n) is 11.4. The molecule has 0 bridgehead atoms. The molecule has 0 aliphatic rings. The van der Waals surface area contributed by atoms with Crippen molar-refractivity contribution in [2.45, 2.75) is 19.8 Å². The summed E-state index contributed by atoms with van der Waals surface area (Å²) in [5, 5.41) is 13.4. The third kappa shape index (κ3) is 2.36. The minimum Gasteiger partial charge on any atom is -0.494 e. The Balaban J connectivity index is 2.73. The van der Waals surface area contributed by atoms with Gasteiger partial charge in [-0.1, -0.05) is 37.6 Å². The standard InChI is InChI=1S/C14H15ClN2O3/c1-8(2)13-11(15)12(14(18)19)16-17(13)9-6-4-5-7-10(9)20-3/h4-8H,1-3H3,(H,18,19). The third-order valence-electron chi connectivity index (χ3n) is 2.92. The van der Waals surface area contributed by atoms with Gasteiger partial charge in [0, 0.05) is 0 Å². The zero-order chi connectivity index (χ0) is 14.9. The normalized spacial score (nSPS) is 10.8. The molecule has 0 aliphatic heterocycles. The number of carbonyl (C=O) groups is 1. The van der Waals surface area contributed by atoms with E-state index in [2.05, 4.69) is 5.10 Å². The highest BCUT2D eigenvalue weighted by Crippen LogP contribution is 2.32. The number of para-hydroxylation sites is 2. The maximum Gasteiger partial charge on any atom is 0.358 e. The van der Waals surface area contributed by atoms with E-state index in [4.69, 9.17) is 21.4 Å². The first kappa shape index (κ1) is 14.4. The van der Waals surface area contributed by atoms with Crippen LogP contribution in [0.1, 0.15) is 35.9 Å². The van der Waals surface area contributed by atoms with Crippen LogP contribution < -0.4 is 4.74 Å². The molecule has 0 aliphatic carbocycles. The fourth-order valence-corrected chi connectivity index (χ4v) is 2.45. The van der Waals surface area contributed by atoms with Crippen molar-refractivity contribution in [3.63, 3.8) is 0 Å². The predicted molar refractivity (Wildman–Crippen MR) is 76.2 cm³/mol. The highest BCUT2D eigenvalue weighted by molar-refractivity contribution is 6.34. The Hall–Kier alpha value is -2.01. The van der Waals surface area contributed by atoms with E-state index in [0.717, 1.165) is 0 Å².